The summed E-state index contributed by atoms with van der Waals surface area (Å²) >= 11 is 3.53. The lowest BCUT2D eigenvalue weighted by atomic mass is 9.85. The number of carbonyl (C=O) groups is 1. The first-order chi connectivity index (χ1) is 17.5. The highest BCUT2D eigenvalue weighted by Crippen LogP contribution is 2.34. The molecule has 0 saturated carbocycles. The average Bonchev–Trinajstić information content (AvgIpc) is 3.38. The van der Waals surface area contributed by atoms with E-state index in [1.54, 1.807) is 0 Å². The summed E-state index contributed by atoms with van der Waals surface area (Å²) in [4.78, 5) is 26.7. The van der Waals surface area contributed by atoms with E-state index in [0.717, 1.165) is 84.1 Å². The number of nitrogens with one attached hydrogen (secondary N) is 2. The van der Waals surface area contributed by atoms with Crippen molar-refractivity contribution in [2.75, 3.05) is 32.8 Å². The van der Waals surface area contributed by atoms with Crippen LogP contribution in [-0.2, 0) is 4.84 Å². The third kappa shape index (κ3) is 5.24. The van der Waals surface area contributed by atoms with Crippen molar-refractivity contribution in [3.63, 3.8) is 0 Å². The van der Waals surface area contributed by atoms with Crippen LogP contribution in [0.25, 0.3) is 16.6 Å². The molecule has 0 unspecified atom stereocenters. The predicted octanol–water partition coefficient (Wildman–Crippen LogP) is 5.97. The molecule has 2 aromatic carbocycles. The highest BCUT2D eigenvalue weighted by Gasteiger charge is 2.38. The summed E-state index contributed by atoms with van der Waals surface area (Å²) < 4.78 is 1.07. The molecule has 6 nitrogen and oxygen atoms in total. The Morgan fingerprint density at radius 1 is 1.03 bits per heavy atom. The number of halogens is 1. The Balaban J connectivity index is 1.22. The zero-order chi connectivity index (χ0) is 25.1. The molecule has 0 bridgehead atoms. The van der Waals surface area contributed by atoms with Crippen LogP contribution in [0.3, 0.4) is 0 Å². The fraction of sp³-hybridized carbons (Fsp3) is 0.414. The van der Waals surface area contributed by atoms with E-state index in [-0.39, 0.29) is 11.4 Å². The van der Waals surface area contributed by atoms with Crippen LogP contribution in [0.1, 0.15) is 55.5 Å². The minimum absolute atomic E-state index is 0.123. The average molecular weight is 552 g/mol. The van der Waals surface area contributed by atoms with Gasteiger partial charge in [-0.2, -0.15) is 0 Å². The van der Waals surface area contributed by atoms with Crippen LogP contribution in [0.4, 0.5) is 0 Å². The molecule has 2 aliphatic heterocycles. The highest BCUT2D eigenvalue weighted by molar-refractivity contribution is 9.10. The maximum absolute atomic E-state index is 13.2. The Morgan fingerprint density at radius 2 is 1.72 bits per heavy atom. The van der Waals surface area contributed by atoms with Crippen LogP contribution in [0.5, 0.6) is 0 Å². The number of aromatic amines is 1. The minimum atomic E-state index is 0.123. The van der Waals surface area contributed by atoms with Crippen molar-refractivity contribution in [2.45, 2.75) is 45.1 Å². The Morgan fingerprint density at radius 3 is 2.42 bits per heavy atom. The summed E-state index contributed by atoms with van der Waals surface area (Å²) in [6, 6.07) is 16.4. The zero-order valence-corrected chi connectivity index (χ0v) is 22.7. The van der Waals surface area contributed by atoms with Crippen LogP contribution in [0, 0.1) is 0 Å². The molecule has 2 saturated heterocycles. The third-order valence-electron chi connectivity index (χ3n) is 7.86. The summed E-state index contributed by atoms with van der Waals surface area (Å²) in [6.45, 7) is 8.65. The van der Waals surface area contributed by atoms with Gasteiger partial charge in [0.05, 0.1) is 12.3 Å². The van der Waals surface area contributed by atoms with Gasteiger partial charge in [-0.1, -0.05) is 28.1 Å². The number of hydrogen-bond acceptors (Lipinski definition) is 4. The van der Waals surface area contributed by atoms with Crippen molar-refractivity contribution in [3.05, 3.63) is 75.9 Å². The molecule has 3 heterocycles. The number of fused-ring (bicyclic) bond motifs is 1. The number of hydroxylamine groups is 1. The number of likely N-dealkylation sites (tertiary alicyclic amines) is 2. The van der Waals surface area contributed by atoms with Gasteiger partial charge in [-0.3, -0.25) is 20.0 Å². The molecule has 190 valence electrons. The molecule has 1 aromatic heterocycles. The number of H-pyrrole nitrogens is 1. The Labute approximate surface area is 221 Å². The van der Waals surface area contributed by atoms with Gasteiger partial charge >= 0.3 is 0 Å². The molecule has 0 atom stereocenters. The first-order valence-electron chi connectivity index (χ1n) is 12.9. The van der Waals surface area contributed by atoms with Crippen LogP contribution < -0.4 is 5.48 Å². The van der Waals surface area contributed by atoms with Gasteiger partial charge in [0.25, 0.3) is 5.91 Å². The number of carbonyl (C=O) groups excluding carboxylic acids is 1. The first kappa shape index (κ1) is 25.1. The van der Waals surface area contributed by atoms with Gasteiger partial charge in [0, 0.05) is 58.9 Å². The molecule has 0 radical (unpaired) electrons. The zero-order valence-electron chi connectivity index (χ0n) is 21.1. The molecule has 0 aliphatic carbocycles. The van der Waals surface area contributed by atoms with Crippen molar-refractivity contribution in [1.82, 2.24) is 20.3 Å². The standard InChI is InChI=1S/C29H35BrN4O2/c1-3-36-32-27(21-4-7-25(30)8-5-21)22-11-16-34(17-12-22)29(2)13-18-33(19-14-29)28(35)24-6-9-26-23(20-24)10-15-31-26/h4-10,15,20,31-32H,3,11-14,16-19H2,1-2H3. The highest BCUT2D eigenvalue weighted by atomic mass is 79.9. The van der Waals surface area contributed by atoms with Gasteiger partial charge in [-0.15, -0.1) is 0 Å². The van der Waals surface area contributed by atoms with Crippen LogP contribution >= 0.6 is 15.9 Å². The second-order valence-electron chi connectivity index (χ2n) is 10.1. The van der Waals surface area contributed by atoms with Crippen molar-refractivity contribution in [3.8, 4) is 0 Å². The summed E-state index contributed by atoms with van der Waals surface area (Å²) in [5.41, 5.74) is 8.87. The molecule has 36 heavy (non-hydrogen) atoms. The van der Waals surface area contributed by atoms with Crippen molar-refractivity contribution >= 4 is 38.4 Å². The normalized spacial score (nSPS) is 18.4. The lowest BCUT2D eigenvalue weighted by molar-refractivity contribution is 0.0256. The van der Waals surface area contributed by atoms with Crippen LogP contribution in [-0.4, -0.2) is 59.0 Å². The van der Waals surface area contributed by atoms with E-state index in [1.165, 1.54) is 5.57 Å². The quantitative estimate of drug-likeness (QED) is 0.371. The maximum atomic E-state index is 13.2. The number of amides is 1. The molecule has 5 rings (SSSR count). The van der Waals surface area contributed by atoms with Gasteiger partial charge in [-0.05, 0) is 87.1 Å². The molecule has 3 aromatic rings. The Bertz CT molecular complexity index is 1230. The third-order valence-corrected chi connectivity index (χ3v) is 8.39. The number of piperidine rings is 2. The Kier molecular flexibility index (Phi) is 7.51. The van der Waals surface area contributed by atoms with E-state index in [9.17, 15) is 4.79 Å². The van der Waals surface area contributed by atoms with E-state index in [4.69, 9.17) is 4.84 Å². The summed E-state index contributed by atoms with van der Waals surface area (Å²) in [7, 11) is 0. The number of rotatable bonds is 6. The van der Waals surface area contributed by atoms with E-state index < -0.39 is 0 Å². The van der Waals surface area contributed by atoms with E-state index in [1.807, 2.05) is 42.3 Å². The van der Waals surface area contributed by atoms with Gasteiger partial charge in [0.1, 0.15) is 0 Å². The van der Waals surface area contributed by atoms with E-state index >= 15 is 0 Å². The second kappa shape index (κ2) is 10.8. The number of benzene rings is 2. The molecular formula is C29H35BrN4O2. The molecule has 2 aliphatic rings. The number of aromatic nitrogens is 1. The molecule has 7 heteroatoms. The topological polar surface area (TPSA) is 60.6 Å². The van der Waals surface area contributed by atoms with Crippen molar-refractivity contribution < 1.29 is 9.63 Å². The number of hydrogen-bond donors (Lipinski definition) is 2. The van der Waals surface area contributed by atoms with Gasteiger partial charge < -0.3 is 9.88 Å². The summed E-state index contributed by atoms with van der Waals surface area (Å²) in [5.74, 6) is 0.144. The lowest BCUT2D eigenvalue weighted by Gasteiger charge is -2.48. The molecular weight excluding hydrogens is 516 g/mol. The molecule has 2 N–H and O–H groups in total. The minimum Gasteiger partial charge on any atom is -0.361 e. The SMILES string of the molecule is CCONC(=C1CCN(C2(C)CCN(C(=O)c3ccc4[nH]ccc4c3)CC2)CC1)c1ccc(Br)cc1. The molecule has 0 spiro atoms. The van der Waals surface area contributed by atoms with Crippen molar-refractivity contribution in [1.29, 1.82) is 0 Å². The Hall–Kier alpha value is -2.61. The monoisotopic (exact) mass is 550 g/mol. The maximum Gasteiger partial charge on any atom is 0.253 e. The van der Waals surface area contributed by atoms with Gasteiger partial charge in [0.15, 0.2) is 0 Å². The van der Waals surface area contributed by atoms with Gasteiger partial charge in [0.2, 0.25) is 0 Å². The van der Waals surface area contributed by atoms with Gasteiger partial charge in [-0.25, -0.2) is 0 Å². The second-order valence-corrected chi connectivity index (χ2v) is 11.0. The smallest absolute Gasteiger partial charge is 0.253 e. The lowest BCUT2D eigenvalue weighted by Crippen LogP contribution is -2.56. The summed E-state index contributed by atoms with van der Waals surface area (Å²) in [6.07, 6.45) is 5.95. The largest absolute Gasteiger partial charge is 0.361 e. The number of nitrogens with zero attached hydrogens (tertiary/aromatic N) is 2. The van der Waals surface area contributed by atoms with E-state index in [0.29, 0.717) is 6.61 Å². The fourth-order valence-electron chi connectivity index (χ4n) is 5.54. The first-order valence-corrected chi connectivity index (χ1v) is 13.7. The van der Waals surface area contributed by atoms with Crippen LogP contribution in [0.15, 0.2) is 64.8 Å². The van der Waals surface area contributed by atoms with Crippen molar-refractivity contribution in [2.24, 2.45) is 0 Å². The summed E-state index contributed by atoms with van der Waals surface area (Å²) in [5, 5.41) is 1.08. The molecule has 2 fully saturated rings. The fourth-order valence-corrected chi connectivity index (χ4v) is 5.80. The predicted molar refractivity (Wildman–Crippen MR) is 148 cm³/mol. The molecule has 1 amide bonds. The van der Waals surface area contributed by atoms with Crippen LogP contribution in [0.2, 0.25) is 0 Å². The van der Waals surface area contributed by atoms with E-state index in [2.05, 4.69) is 62.5 Å².